The minimum Gasteiger partial charge on any atom is -0.508 e. The first-order valence-electron chi connectivity index (χ1n) is 12.0. The largest absolute Gasteiger partial charge is 0.508 e. The molecule has 1 aliphatic rings. The topological polar surface area (TPSA) is 83.5 Å². The van der Waals surface area contributed by atoms with Gasteiger partial charge in [-0.1, -0.05) is 65.0 Å². The highest BCUT2D eigenvalue weighted by molar-refractivity contribution is 5.88. The van der Waals surface area contributed by atoms with Gasteiger partial charge in [0.25, 0.3) is 0 Å². The summed E-state index contributed by atoms with van der Waals surface area (Å²) in [5.41, 5.74) is 14.3. The molecule has 0 saturated heterocycles. The lowest BCUT2D eigenvalue weighted by Gasteiger charge is -2.32. The molecule has 1 atom stereocenters. The van der Waals surface area contributed by atoms with Gasteiger partial charge < -0.3 is 15.9 Å². The van der Waals surface area contributed by atoms with Gasteiger partial charge in [-0.25, -0.2) is 4.79 Å². The number of allylic oxidation sites excluding steroid dienone is 1. The highest BCUT2D eigenvalue weighted by Crippen LogP contribution is 2.54. The number of aromatic hydroxyl groups is 1. The van der Waals surface area contributed by atoms with Crippen LogP contribution in [0, 0.1) is 12.8 Å². The van der Waals surface area contributed by atoms with Crippen LogP contribution in [-0.2, 0) is 10.8 Å². The number of carboxylic acids is 1. The molecule has 3 aromatic carbocycles. The number of aromatic carboxylic acids is 1. The molecule has 0 radical (unpaired) electrons. The minimum absolute atomic E-state index is 0.144. The third kappa shape index (κ3) is 5.27. The van der Waals surface area contributed by atoms with Crippen molar-refractivity contribution in [3.05, 3.63) is 94.0 Å². The molecule has 0 fully saturated rings. The molecule has 0 spiro atoms. The lowest BCUT2D eigenvalue weighted by Crippen LogP contribution is -2.30. The van der Waals surface area contributed by atoms with E-state index in [1.807, 2.05) is 12.1 Å². The standard InChI is InChI=1S/C25H30O2.C6H7NO/c1-15(12-18-8-10-19(11-9-18)23(26)27)20-14-22-21(13-16(20)2)24(4,5)17(3)25(22,6)7;7-5-1-3-6(8)4-2-5/h8-14,17H,1-7H3,(H,26,27);1-4,8H,7H2/b15-12+;. The number of nitrogen functional groups attached to an aromatic ring is 1. The number of nitrogens with two attached hydrogens (primary N) is 1. The predicted octanol–water partition coefficient (Wildman–Crippen LogP) is 7.43. The number of aryl methyl sites for hydroxylation is 1. The van der Waals surface area contributed by atoms with E-state index in [2.05, 4.69) is 66.7 Å². The van der Waals surface area contributed by atoms with Crippen molar-refractivity contribution in [2.45, 2.75) is 59.3 Å². The highest BCUT2D eigenvalue weighted by atomic mass is 16.4. The molecular formula is C31H37NO3. The number of phenolic OH excluding ortho intramolecular Hbond substituents is 1. The van der Waals surface area contributed by atoms with E-state index in [0.29, 0.717) is 17.2 Å². The molecular weight excluding hydrogens is 434 g/mol. The number of fused-ring (bicyclic) bond motifs is 1. The predicted molar refractivity (Wildman–Crippen MR) is 146 cm³/mol. The maximum Gasteiger partial charge on any atom is 0.335 e. The fraction of sp³-hybridized carbons (Fsp3) is 0.323. The Morgan fingerprint density at radius 2 is 1.43 bits per heavy atom. The fourth-order valence-electron chi connectivity index (χ4n) is 5.09. The number of hydrogen-bond donors (Lipinski definition) is 3. The molecule has 1 unspecified atom stereocenters. The zero-order chi connectivity index (χ0) is 26.1. The van der Waals surface area contributed by atoms with Crippen molar-refractivity contribution in [2.24, 2.45) is 5.92 Å². The Kier molecular flexibility index (Phi) is 7.16. The van der Waals surface area contributed by atoms with Gasteiger partial charge in [0.15, 0.2) is 0 Å². The first-order chi connectivity index (χ1) is 16.2. The molecule has 1 aliphatic carbocycles. The van der Waals surface area contributed by atoms with E-state index in [9.17, 15) is 4.79 Å². The number of carbonyl (C=O) groups is 1. The molecule has 4 rings (SSSR count). The summed E-state index contributed by atoms with van der Waals surface area (Å²) in [4.78, 5) is 11.0. The molecule has 0 heterocycles. The van der Waals surface area contributed by atoms with Crippen LogP contribution in [0.3, 0.4) is 0 Å². The summed E-state index contributed by atoms with van der Waals surface area (Å²) in [5, 5.41) is 17.8. The van der Waals surface area contributed by atoms with Crippen LogP contribution in [0.2, 0.25) is 0 Å². The number of rotatable bonds is 3. The first-order valence-corrected chi connectivity index (χ1v) is 12.0. The quantitative estimate of drug-likeness (QED) is 0.211. The van der Waals surface area contributed by atoms with Gasteiger partial charge in [0.2, 0.25) is 0 Å². The lowest BCUT2D eigenvalue weighted by atomic mass is 9.71. The van der Waals surface area contributed by atoms with Gasteiger partial charge in [0, 0.05) is 5.69 Å². The lowest BCUT2D eigenvalue weighted by molar-refractivity contribution is 0.0697. The number of hydrogen-bond acceptors (Lipinski definition) is 3. The van der Waals surface area contributed by atoms with Crippen LogP contribution < -0.4 is 5.73 Å². The van der Waals surface area contributed by atoms with Gasteiger partial charge in [-0.15, -0.1) is 0 Å². The first kappa shape index (κ1) is 26.1. The summed E-state index contributed by atoms with van der Waals surface area (Å²) in [6, 6.07) is 18.2. The van der Waals surface area contributed by atoms with Crippen molar-refractivity contribution in [1.29, 1.82) is 0 Å². The molecule has 3 aromatic rings. The molecule has 0 bridgehead atoms. The Morgan fingerprint density at radius 3 is 1.91 bits per heavy atom. The van der Waals surface area contributed by atoms with Gasteiger partial charge in [0.05, 0.1) is 5.56 Å². The van der Waals surface area contributed by atoms with Crippen molar-refractivity contribution in [1.82, 2.24) is 0 Å². The molecule has 0 saturated carbocycles. The SMILES string of the molecule is C/C(=C\c1ccc(C(=O)O)cc1)c1cc2c(cc1C)C(C)(C)C(C)C2(C)C.Nc1ccc(O)cc1. The molecule has 0 aliphatic heterocycles. The molecule has 184 valence electrons. The van der Waals surface area contributed by atoms with Gasteiger partial charge in [-0.2, -0.15) is 0 Å². The number of carboxylic acid groups (broad SMARTS) is 1. The average molecular weight is 472 g/mol. The summed E-state index contributed by atoms with van der Waals surface area (Å²) in [6.07, 6.45) is 2.14. The second-order valence-electron chi connectivity index (χ2n) is 10.7. The fourth-order valence-corrected chi connectivity index (χ4v) is 5.09. The van der Waals surface area contributed by atoms with E-state index < -0.39 is 5.97 Å². The second-order valence-corrected chi connectivity index (χ2v) is 10.7. The van der Waals surface area contributed by atoms with Crippen molar-refractivity contribution in [3.63, 3.8) is 0 Å². The van der Waals surface area contributed by atoms with Crippen molar-refractivity contribution in [2.75, 3.05) is 5.73 Å². The maximum absolute atomic E-state index is 11.0. The summed E-state index contributed by atoms with van der Waals surface area (Å²) in [6.45, 7) is 16.1. The number of benzene rings is 3. The Hall–Kier alpha value is -3.53. The molecule has 4 nitrogen and oxygen atoms in total. The summed E-state index contributed by atoms with van der Waals surface area (Å²) < 4.78 is 0. The zero-order valence-corrected chi connectivity index (χ0v) is 21.8. The van der Waals surface area contributed by atoms with E-state index in [1.165, 1.54) is 27.8 Å². The number of anilines is 1. The third-order valence-corrected chi connectivity index (χ3v) is 7.78. The molecule has 4 heteroatoms. The van der Waals surface area contributed by atoms with Gasteiger partial charge in [0.1, 0.15) is 5.75 Å². The Morgan fingerprint density at radius 1 is 0.914 bits per heavy atom. The van der Waals surface area contributed by atoms with Crippen LogP contribution >= 0.6 is 0 Å². The minimum atomic E-state index is -0.893. The van der Waals surface area contributed by atoms with Crippen LogP contribution in [0.5, 0.6) is 5.75 Å². The summed E-state index contributed by atoms with van der Waals surface area (Å²) >= 11 is 0. The third-order valence-electron chi connectivity index (χ3n) is 7.78. The molecule has 0 amide bonds. The second kappa shape index (κ2) is 9.61. The Bertz CT molecular complexity index is 1230. The number of phenols is 1. The van der Waals surface area contributed by atoms with E-state index in [0.717, 1.165) is 5.56 Å². The van der Waals surface area contributed by atoms with Crippen molar-refractivity contribution >= 4 is 23.3 Å². The zero-order valence-electron chi connectivity index (χ0n) is 21.8. The van der Waals surface area contributed by atoms with Crippen LogP contribution in [0.25, 0.3) is 11.6 Å². The molecule has 0 aromatic heterocycles. The van der Waals surface area contributed by atoms with Crippen molar-refractivity contribution < 1.29 is 15.0 Å². The highest BCUT2D eigenvalue weighted by Gasteiger charge is 2.48. The molecule has 4 N–H and O–H groups in total. The van der Waals surface area contributed by atoms with E-state index in [-0.39, 0.29) is 16.6 Å². The molecule has 35 heavy (non-hydrogen) atoms. The Labute approximate surface area is 209 Å². The monoisotopic (exact) mass is 471 g/mol. The smallest absolute Gasteiger partial charge is 0.335 e. The van der Waals surface area contributed by atoms with Crippen LogP contribution in [-0.4, -0.2) is 16.2 Å². The Balaban J connectivity index is 0.000000363. The van der Waals surface area contributed by atoms with E-state index >= 15 is 0 Å². The normalized spacial score (nSPS) is 17.8. The van der Waals surface area contributed by atoms with Crippen LogP contribution in [0.4, 0.5) is 5.69 Å². The van der Waals surface area contributed by atoms with E-state index in [4.69, 9.17) is 15.9 Å². The maximum atomic E-state index is 11.0. The summed E-state index contributed by atoms with van der Waals surface area (Å²) in [7, 11) is 0. The van der Waals surface area contributed by atoms with Gasteiger partial charge in [-0.05, 0) is 100 Å². The summed E-state index contributed by atoms with van der Waals surface area (Å²) in [5.74, 6) is -0.0719. The van der Waals surface area contributed by atoms with Gasteiger partial charge >= 0.3 is 5.97 Å². The van der Waals surface area contributed by atoms with Crippen molar-refractivity contribution in [3.8, 4) is 5.75 Å². The average Bonchev–Trinajstić information content (AvgIpc) is 2.92. The van der Waals surface area contributed by atoms with E-state index in [1.54, 1.807) is 36.4 Å². The van der Waals surface area contributed by atoms with Crippen LogP contribution in [0.1, 0.15) is 79.7 Å². The van der Waals surface area contributed by atoms with Gasteiger partial charge in [-0.3, -0.25) is 0 Å². The van der Waals surface area contributed by atoms with Crippen LogP contribution in [0.15, 0.2) is 60.7 Å².